The van der Waals surface area contributed by atoms with Crippen LogP contribution in [0.1, 0.15) is 6.92 Å². The van der Waals surface area contributed by atoms with E-state index in [4.69, 9.17) is 4.74 Å². The van der Waals surface area contributed by atoms with Crippen molar-refractivity contribution in [3.05, 3.63) is 69.6 Å². The fourth-order valence-electron chi connectivity index (χ4n) is 2.31. The number of nitrogens with zero attached hydrogens (tertiary/aromatic N) is 4. The molecule has 0 aliphatic rings. The summed E-state index contributed by atoms with van der Waals surface area (Å²) < 4.78 is 9.02. The Kier molecular flexibility index (Phi) is 3.61. The molecule has 1 aromatic carbocycles. The Balaban J connectivity index is 2.16. The van der Waals surface area contributed by atoms with Gasteiger partial charge < -0.3 is 4.74 Å². The highest BCUT2D eigenvalue weighted by atomic mass is 16.5. The van der Waals surface area contributed by atoms with Gasteiger partial charge in [0.15, 0.2) is 0 Å². The third kappa shape index (κ3) is 2.57. The molecule has 2 aromatic heterocycles. The van der Waals surface area contributed by atoms with Gasteiger partial charge in [-0.3, -0.25) is 9.36 Å². The first-order chi connectivity index (χ1) is 11.0. The largest absolute Gasteiger partial charge is 0.497 e. The molecule has 0 saturated carbocycles. The van der Waals surface area contributed by atoms with Gasteiger partial charge in [0.05, 0.1) is 13.7 Å². The van der Waals surface area contributed by atoms with Crippen molar-refractivity contribution < 1.29 is 4.74 Å². The van der Waals surface area contributed by atoms with Crippen LogP contribution in [0.3, 0.4) is 0 Å². The minimum absolute atomic E-state index is 0.0783. The number of hydrogen-bond acceptors (Lipinski definition) is 4. The highest BCUT2D eigenvalue weighted by molar-refractivity contribution is 5.42. The van der Waals surface area contributed by atoms with Crippen molar-refractivity contribution in [2.45, 2.75) is 13.5 Å². The SMILES string of the molecule is C=C(C)Cn1nc2c(=O)n(-c3ccc(OC)cc3)ccn2c1=O. The molecule has 0 bridgehead atoms. The van der Waals surface area contributed by atoms with Crippen LogP contribution < -0.4 is 16.0 Å². The lowest BCUT2D eigenvalue weighted by molar-refractivity contribution is 0.414. The molecule has 0 atom stereocenters. The van der Waals surface area contributed by atoms with Crippen LogP contribution in [-0.2, 0) is 6.54 Å². The number of benzene rings is 1. The summed E-state index contributed by atoms with van der Waals surface area (Å²) in [6.07, 6.45) is 3.08. The van der Waals surface area contributed by atoms with E-state index in [0.717, 1.165) is 5.57 Å². The van der Waals surface area contributed by atoms with E-state index in [2.05, 4.69) is 11.7 Å². The second-order valence-electron chi connectivity index (χ2n) is 5.26. The summed E-state index contributed by atoms with van der Waals surface area (Å²) >= 11 is 0. The molecular weight excluding hydrogens is 296 g/mol. The van der Waals surface area contributed by atoms with Crippen LogP contribution in [0.5, 0.6) is 5.75 Å². The number of allylic oxidation sites excluding steroid dienone is 1. The van der Waals surface area contributed by atoms with Crippen LogP contribution in [0.4, 0.5) is 0 Å². The van der Waals surface area contributed by atoms with E-state index in [1.165, 1.54) is 19.8 Å². The quantitative estimate of drug-likeness (QED) is 0.679. The zero-order chi connectivity index (χ0) is 16.6. The minimum Gasteiger partial charge on any atom is -0.497 e. The highest BCUT2D eigenvalue weighted by Crippen LogP contribution is 2.13. The summed E-state index contributed by atoms with van der Waals surface area (Å²) in [5.74, 6) is 0.699. The average molecular weight is 312 g/mol. The summed E-state index contributed by atoms with van der Waals surface area (Å²) in [6.45, 7) is 5.84. The normalized spacial score (nSPS) is 10.9. The molecule has 7 heteroatoms. The van der Waals surface area contributed by atoms with Crippen LogP contribution in [-0.4, -0.2) is 25.9 Å². The topological polar surface area (TPSA) is 70.5 Å². The molecular formula is C16H16N4O3. The standard InChI is InChI=1S/C16H16N4O3/c1-11(2)10-20-16(22)19-9-8-18(15(21)14(19)17-20)12-4-6-13(23-3)7-5-12/h4-9H,1,10H2,2-3H3. The van der Waals surface area contributed by atoms with Gasteiger partial charge in [0, 0.05) is 18.1 Å². The van der Waals surface area contributed by atoms with Crippen molar-refractivity contribution in [3.8, 4) is 11.4 Å². The molecule has 118 valence electrons. The average Bonchev–Trinajstić information content (AvgIpc) is 2.85. The summed E-state index contributed by atoms with van der Waals surface area (Å²) in [6, 6.07) is 7.05. The molecule has 7 nitrogen and oxygen atoms in total. The number of rotatable bonds is 4. The molecule has 0 unspecified atom stereocenters. The Labute approximate surface area is 131 Å². The van der Waals surface area contributed by atoms with E-state index >= 15 is 0 Å². The lowest BCUT2D eigenvalue weighted by atomic mass is 10.3. The van der Waals surface area contributed by atoms with E-state index in [0.29, 0.717) is 11.4 Å². The van der Waals surface area contributed by atoms with Crippen LogP contribution in [0, 0.1) is 0 Å². The number of methoxy groups -OCH3 is 1. The second-order valence-corrected chi connectivity index (χ2v) is 5.26. The molecule has 3 aromatic rings. The minimum atomic E-state index is -0.366. The third-order valence-electron chi connectivity index (χ3n) is 3.42. The number of ether oxygens (including phenoxy) is 1. The van der Waals surface area contributed by atoms with Crippen LogP contribution in [0.15, 0.2) is 58.4 Å². The van der Waals surface area contributed by atoms with E-state index in [9.17, 15) is 9.59 Å². The maximum absolute atomic E-state index is 12.6. The fraction of sp³-hybridized carbons (Fsp3) is 0.188. The maximum atomic E-state index is 12.6. The van der Waals surface area contributed by atoms with Gasteiger partial charge in [-0.05, 0) is 31.2 Å². The van der Waals surface area contributed by atoms with Gasteiger partial charge >= 0.3 is 11.2 Å². The first-order valence-corrected chi connectivity index (χ1v) is 7.01. The highest BCUT2D eigenvalue weighted by Gasteiger charge is 2.12. The van der Waals surface area contributed by atoms with Crippen molar-refractivity contribution in [2.75, 3.05) is 7.11 Å². The summed E-state index contributed by atoms with van der Waals surface area (Å²) in [7, 11) is 1.58. The Bertz CT molecular complexity index is 993. The van der Waals surface area contributed by atoms with Gasteiger partial charge in [0.2, 0.25) is 5.65 Å². The van der Waals surface area contributed by atoms with Gasteiger partial charge in [0.1, 0.15) is 5.75 Å². The lowest BCUT2D eigenvalue weighted by Crippen LogP contribution is -2.24. The molecule has 23 heavy (non-hydrogen) atoms. The predicted octanol–water partition coefficient (Wildman–Crippen LogP) is 1.23. The first kappa shape index (κ1) is 14.8. The molecule has 0 N–H and O–H groups in total. The van der Waals surface area contributed by atoms with Gasteiger partial charge in [-0.2, -0.15) is 0 Å². The zero-order valence-corrected chi connectivity index (χ0v) is 12.9. The molecule has 0 radical (unpaired) electrons. The van der Waals surface area contributed by atoms with Gasteiger partial charge in [-0.25, -0.2) is 13.9 Å². The molecule has 0 aliphatic carbocycles. The van der Waals surface area contributed by atoms with Crippen molar-refractivity contribution >= 4 is 5.65 Å². The first-order valence-electron chi connectivity index (χ1n) is 7.01. The Morgan fingerprint density at radius 1 is 1.22 bits per heavy atom. The number of hydrogen-bond donors (Lipinski definition) is 0. The lowest BCUT2D eigenvalue weighted by Gasteiger charge is -2.06. The van der Waals surface area contributed by atoms with E-state index in [-0.39, 0.29) is 23.4 Å². The Morgan fingerprint density at radius 3 is 2.52 bits per heavy atom. The predicted molar refractivity (Wildman–Crippen MR) is 86.4 cm³/mol. The van der Waals surface area contributed by atoms with Crippen LogP contribution >= 0.6 is 0 Å². The van der Waals surface area contributed by atoms with Crippen molar-refractivity contribution in [2.24, 2.45) is 0 Å². The van der Waals surface area contributed by atoms with E-state index in [1.54, 1.807) is 44.5 Å². The van der Waals surface area contributed by atoms with Crippen molar-refractivity contribution in [1.82, 2.24) is 18.7 Å². The summed E-state index contributed by atoms with van der Waals surface area (Å²) in [5.41, 5.74) is 0.804. The van der Waals surface area contributed by atoms with Crippen LogP contribution in [0.25, 0.3) is 11.3 Å². The zero-order valence-electron chi connectivity index (χ0n) is 12.9. The van der Waals surface area contributed by atoms with Crippen LogP contribution in [0.2, 0.25) is 0 Å². The van der Waals surface area contributed by atoms with Gasteiger partial charge in [-0.1, -0.05) is 12.2 Å². The Morgan fingerprint density at radius 2 is 1.91 bits per heavy atom. The van der Waals surface area contributed by atoms with E-state index < -0.39 is 0 Å². The smallest absolute Gasteiger partial charge is 0.350 e. The number of fused-ring (bicyclic) bond motifs is 1. The molecule has 2 heterocycles. The van der Waals surface area contributed by atoms with Crippen molar-refractivity contribution in [1.29, 1.82) is 0 Å². The van der Waals surface area contributed by atoms with E-state index in [1.807, 2.05) is 0 Å². The summed E-state index contributed by atoms with van der Waals surface area (Å²) in [4.78, 5) is 24.8. The van der Waals surface area contributed by atoms with Crippen molar-refractivity contribution in [3.63, 3.8) is 0 Å². The molecule has 0 fully saturated rings. The third-order valence-corrected chi connectivity index (χ3v) is 3.42. The van der Waals surface area contributed by atoms with Gasteiger partial charge in [-0.15, -0.1) is 5.10 Å². The monoisotopic (exact) mass is 312 g/mol. The molecule has 3 rings (SSSR count). The molecule has 0 spiro atoms. The second kappa shape index (κ2) is 5.60. The molecule has 0 amide bonds. The fourth-order valence-corrected chi connectivity index (χ4v) is 2.31. The molecule has 0 aliphatic heterocycles. The maximum Gasteiger partial charge on any atom is 0.350 e. The number of aromatic nitrogens is 4. The summed E-state index contributed by atoms with van der Waals surface area (Å²) in [5, 5.41) is 4.12. The van der Waals surface area contributed by atoms with Gasteiger partial charge in [0.25, 0.3) is 0 Å². The molecule has 0 saturated heterocycles. The Hall–Kier alpha value is -3.09.